The maximum absolute atomic E-state index is 11.6. The van der Waals surface area contributed by atoms with Crippen molar-refractivity contribution in [2.75, 3.05) is 67.1 Å². The Bertz CT molecular complexity index is 434. The molecular formula is C18H35IN4O3. The van der Waals surface area contributed by atoms with E-state index in [4.69, 9.17) is 9.47 Å². The summed E-state index contributed by atoms with van der Waals surface area (Å²) in [6.45, 7) is 6.84. The topological polar surface area (TPSA) is 66.4 Å². The van der Waals surface area contributed by atoms with E-state index in [-0.39, 0.29) is 35.9 Å². The van der Waals surface area contributed by atoms with Crippen LogP contribution in [-0.4, -0.2) is 88.9 Å². The summed E-state index contributed by atoms with van der Waals surface area (Å²) in [6.07, 6.45) is 4.12. The molecule has 26 heavy (non-hydrogen) atoms. The Hall–Kier alpha value is -0.610. The number of rotatable bonds is 6. The van der Waals surface area contributed by atoms with Gasteiger partial charge in [0.1, 0.15) is 0 Å². The third kappa shape index (κ3) is 7.19. The number of ether oxygens (including phenoxy) is 2. The highest BCUT2D eigenvalue weighted by Crippen LogP contribution is 2.19. The van der Waals surface area contributed by atoms with E-state index < -0.39 is 0 Å². The van der Waals surface area contributed by atoms with Crippen LogP contribution in [0.25, 0.3) is 0 Å². The van der Waals surface area contributed by atoms with Gasteiger partial charge in [0.15, 0.2) is 5.96 Å². The second-order valence-electron chi connectivity index (χ2n) is 6.99. The molecule has 0 atom stereocenters. The van der Waals surface area contributed by atoms with Crippen molar-refractivity contribution < 1.29 is 14.3 Å². The highest BCUT2D eigenvalue weighted by Gasteiger charge is 2.27. The Morgan fingerprint density at radius 3 is 2.31 bits per heavy atom. The summed E-state index contributed by atoms with van der Waals surface area (Å²) in [6, 6.07) is 0. The Morgan fingerprint density at radius 2 is 1.77 bits per heavy atom. The lowest BCUT2D eigenvalue weighted by atomic mass is 9.96. The van der Waals surface area contributed by atoms with E-state index in [9.17, 15) is 4.79 Å². The summed E-state index contributed by atoms with van der Waals surface area (Å²) >= 11 is 0. The number of carbonyl (C=O) groups excluding carboxylic acids is 1. The molecule has 2 rings (SSSR count). The third-order valence-electron chi connectivity index (χ3n) is 5.41. The van der Waals surface area contributed by atoms with Gasteiger partial charge in [0.05, 0.1) is 19.6 Å². The fraction of sp³-hybridized carbons (Fsp3) is 0.889. The predicted octanol–water partition coefficient (Wildman–Crippen LogP) is 1.42. The summed E-state index contributed by atoms with van der Waals surface area (Å²) in [5.41, 5.74) is 0. The molecule has 1 N–H and O–H groups in total. The second-order valence-corrected chi connectivity index (χ2v) is 6.99. The number of hydrogen-bond donors (Lipinski definition) is 1. The quantitative estimate of drug-likeness (QED) is 0.268. The number of nitrogens with one attached hydrogen (secondary N) is 1. The average molecular weight is 482 g/mol. The number of guanidine groups is 1. The summed E-state index contributed by atoms with van der Waals surface area (Å²) in [5.74, 6) is 1.62. The van der Waals surface area contributed by atoms with Crippen molar-refractivity contribution in [3.63, 3.8) is 0 Å². The summed E-state index contributed by atoms with van der Waals surface area (Å²) in [7, 11) is 5.06. The average Bonchev–Trinajstić information content (AvgIpc) is 2.67. The first-order valence-corrected chi connectivity index (χ1v) is 9.42. The van der Waals surface area contributed by atoms with E-state index in [2.05, 4.69) is 20.1 Å². The molecule has 8 heteroatoms. The standard InChI is InChI=1S/C18H34N4O3.HI/c1-19-18(22-10-6-16(7-11-22)17(23)25-3)20-14-15-4-8-21(9-5-15)12-13-24-2;/h15-16H,4-14H2,1-3H3,(H,19,20);1H. The molecule has 0 aromatic carbocycles. The SMILES string of the molecule is CN=C(NCC1CCN(CCOC)CC1)N1CCC(C(=O)OC)CC1.I. The lowest BCUT2D eigenvalue weighted by molar-refractivity contribution is -0.146. The molecule has 0 bridgehead atoms. The summed E-state index contributed by atoms with van der Waals surface area (Å²) in [5, 5.41) is 3.54. The minimum absolute atomic E-state index is 0. The van der Waals surface area contributed by atoms with Crippen LogP contribution in [0.15, 0.2) is 4.99 Å². The van der Waals surface area contributed by atoms with Gasteiger partial charge in [-0.15, -0.1) is 24.0 Å². The third-order valence-corrected chi connectivity index (χ3v) is 5.41. The van der Waals surface area contributed by atoms with Crippen LogP contribution in [0.1, 0.15) is 25.7 Å². The van der Waals surface area contributed by atoms with Gasteiger partial charge in [-0.1, -0.05) is 0 Å². The van der Waals surface area contributed by atoms with Gasteiger partial charge in [-0.2, -0.15) is 0 Å². The Labute approximate surface area is 174 Å². The number of carbonyl (C=O) groups is 1. The van der Waals surface area contributed by atoms with Crippen LogP contribution < -0.4 is 5.32 Å². The molecule has 0 unspecified atom stereocenters. The molecule has 0 saturated carbocycles. The zero-order valence-electron chi connectivity index (χ0n) is 16.4. The highest BCUT2D eigenvalue weighted by atomic mass is 127. The Balaban J connectivity index is 0.00000338. The van der Waals surface area contributed by atoms with E-state index in [1.807, 2.05) is 7.05 Å². The molecular weight excluding hydrogens is 447 g/mol. The van der Waals surface area contributed by atoms with Crippen molar-refractivity contribution in [2.45, 2.75) is 25.7 Å². The molecule has 0 radical (unpaired) electrons. The van der Waals surface area contributed by atoms with Gasteiger partial charge in [0.2, 0.25) is 0 Å². The molecule has 0 amide bonds. The molecule has 2 aliphatic rings. The minimum Gasteiger partial charge on any atom is -0.469 e. The first-order chi connectivity index (χ1) is 12.2. The van der Waals surface area contributed by atoms with E-state index in [0.29, 0.717) is 5.92 Å². The highest BCUT2D eigenvalue weighted by molar-refractivity contribution is 14.0. The molecule has 0 spiro atoms. The number of likely N-dealkylation sites (tertiary alicyclic amines) is 2. The van der Waals surface area contributed by atoms with Crippen LogP contribution in [-0.2, 0) is 14.3 Å². The Morgan fingerprint density at radius 1 is 1.12 bits per heavy atom. The van der Waals surface area contributed by atoms with E-state index in [1.165, 1.54) is 20.0 Å². The van der Waals surface area contributed by atoms with E-state index in [0.717, 1.165) is 64.7 Å². The largest absolute Gasteiger partial charge is 0.469 e. The van der Waals surface area contributed by atoms with Crippen molar-refractivity contribution in [2.24, 2.45) is 16.8 Å². The molecule has 2 heterocycles. The first-order valence-electron chi connectivity index (χ1n) is 9.42. The van der Waals surface area contributed by atoms with Crippen LogP contribution >= 0.6 is 24.0 Å². The fourth-order valence-corrected chi connectivity index (χ4v) is 3.70. The number of nitrogens with zero attached hydrogens (tertiary/aromatic N) is 3. The maximum Gasteiger partial charge on any atom is 0.308 e. The van der Waals surface area contributed by atoms with Crippen molar-refractivity contribution in [1.82, 2.24) is 15.1 Å². The maximum atomic E-state index is 11.6. The molecule has 2 fully saturated rings. The predicted molar refractivity (Wildman–Crippen MR) is 114 cm³/mol. The molecule has 0 aromatic heterocycles. The normalized spacial score (nSPS) is 20.6. The van der Waals surface area contributed by atoms with Gasteiger partial charge in [0, 0.05) is 40.3 Å². The number of esters is 1. The van der Waals surface area contributed by atoms with Crippen molar-refractivity contribution in [1.29, 1.82) is 0 Å². The second kappa shape index (κ2) is 12.7. The monoisotopic (exact) mass is 482 g/mol. The Kier molecular flexibility index (Phi) is 11.5. The molecule has 2 saturated heterocycles. The van der Waals surface area contributed by atoms with E-state index in [1.54, 1.807) is 7.11 Å². The zero-order chi connectivity index (χ0) is 18.1. The van der Waals surface area contributed by atoms with Gasteiger partial charge >= 0.3 is 5.97 Å². The van der Waals surface area contributed by atoms with E-state index >= 15 is 0 Å². The van der Waals surface area contributed by atoms with Crippen molar-refractivity contribution >= 4 is 35.9 Å². The minimum atomic E-state index is -0.0807. The van der Waals surface area contributed by atoms with Crippen molar-refractivity contribution in [3.05, 3.63) is 0 Å². The lowest BCUT2D eigenvalue weighted by Crippen LogP contribution is -2.48. The molecule has 0 aromatic rings. The lowest BCUT2D eigenvalue weighted by Gasteiger charge is -2.35. The first kappa shape index (κ1) is 23.4. The van der Waals surface area contributed by atoms with Crippen LogP contribution in [0, 0.1) is 11.8 Å². The summed E-state index contributed by atoms with van der Waals surface area (Å²) < 4.78 is 10.0. The van der Waals surface area contributed by atoms with Gasteiger partial charge in [-0.25, -0.2) is 0 Å². The number of aliphatic imine (C=N–C) groups is 1. The van der Waals surface area contributed by atoms with Gasteiger partial charge < -0.3 is 24.6 Å². The summed E-state index contributed by atoms with van der Waals surface area (Å²) in [4.78, 5) is 20.8. The van der Waals surface area contributed by atoms with Crippen LogP contribution in [0.3, 0.4) is 0 Å². The van der Waals surface area contributed by atoms with Crippen LogP contribution in [0.5, 0.6) is 0 Å². The fourth-order valence-electron chi connectivity index (χ4n) is 3.70. The molecule has 0 aliphatic carbocycles. The van der Waals surface area contributed by atoms with Gasteiger partial charge in [-0.05, 0) is 44.7 Å². The number of hydrogen-bond acceptors (Lipinski definition) is 5. The smallest absolute Gasteiger partial charge is 0.308 e. The van der Waals surface area contributed by atoms with Crippen LogP contribution in [0.2, 0.25) is 0 Å². The molecule has 2 aliphatic heterocycles. The molecule has 152 valence electrons. The number of halogens is 1. The number of methoxy groups -OCH3 is 2. The van der Waals surface area contributed by atoms with Gasteiger partial charge in [0.25, 0.3) is 0 Å². The van der Waals surface area contributed by atoms with Crippen LogP contribution in [0.4, 0.5) is 0 Å². The van der Waals surface area contributed by atoms with Crippen molar-refractivity contribution in [3.8, 4) is 0 Å². The van der Waals surface area contributed by atoms with Gasteiger partial charge in [-0.3, -0.25) is 9.79 Å². The zero-order valence-corrected chi connectivity index (χ0v) is 18.7. The molecule has 7 nitrogen and oxygen atoms in total. The number of piperidine rings is 2.